The molecule has 0 saturated carbocycles. The number of nitro benzene ring substituents is 1. The SMILES string of the molecule is CCc1nc(N)nc(N)c1-c1ccc(NCc2ccc(C)cc2)c([N+](=O)[O-])c1. The molecule has 1 heterocycles. The zero-order valence-corrected chi connectivity index (χ0v) is 15.8. The third-order valence-electron chi connectivity index (χ3n) is 4.45. The van der Waals surface area contributed by atoms with Crippen molar-refractivity contribution in [1.29, 1.82) is 0 Å². The first-order valence-electron chi connectivity index (χ1n) is 8.89. The number of nitrogens with one attached hydrogen (secondary N) is 1. The van der Waals surface area contributed by atoms with Gasteiger partial charge in [-0.15, -0.1) is 0 Å². The number of nitrogen functional groups attached to an aromatic ring is 2. The molecule has 3 aromatic rings. The third kappa shape index (κ3) is 4.01. The van der Waals surface area contributed by atoms with E-state index < -0.39 is 4.92 Å². The minimum absolute atomic E-state index is 0.0390. The van der Waals surface area contributed by atoms with Crippen LogP contribution in [0.5, 0.6) is 0 Å². The minimum atomic E-state index is -0.416. The van der Waals surface area contributed by atoms with Gasteiger partial charge >= 0.3 is 0 Å². The minimum Gasteiger partial charge on any atom is -0.383 e. The van der Waals surface area contributed by atoms with E-state index in [9.17, 15) is 10.1 Å². The predicted molar refractivity (Wildman–Crippen MR) is 111 cm³/mol. The highest BCUT2D eigenvalue weighted by Crippen LogP contribution is 2.35. The summed E-state index contributed by atoms with van der Waals surface area (Å²) < 4.78 is 0. The fourth-order valence-corrected chi connectivity index (χ4v) is 3.01. The normalized spacial score (nSPS) is 10.6. The molecule has 0 radical (unpaired) electrons. The maximum Gasteiger partial charge on any atom is 0.292 e. The number of anilines is 3. The quantitative estimate of drug-likeness (QED) is 0.440. The highest BCUT2D eigenvalue weighted by Gasteiger charge is 2.19. The van der Waals surface area contributed by atoms with Gasteiger partial charge < -0.3 is 16.8 Å². The third-order valence-corrected chi connectivity index (χ3v) is 4.45. The highest BCUT2D eigenvalue weighted by atomic mass is 16.6. The van der Waals surface area contributed by atoms with Gasteiger partial charge in [0.2, 0.25) is 5.95 Å². The second-order valence-electron chi connectivity index (χ2n) is 6.47. The molecule has 0 saturated heterocycles. The maximum absolute atomic E-state index is 11.6. The van der Waals surface area contributed by atoms with E-state index >= 15 is 0 Å². The molecule has 0 spiro atoms. The molecule has 8 nitrogen and oxygen atoms in total. The standard InChI is InChI=1S/C20H22N6O2/c1-3-15-18(19(21)25-20(22)24-15)14-8-9-16(17(10-14)26(27)28)23-11-13-6-4-12(2)5-7-13/h4-10,23H,3,11H2,1-2H3,(H4,21,22,24,25). The predicted octanol–water partition coefficient (Wildman–Crippen LogP) is 3.70. The van der Waals surface area contributed by atoms with Crippen molar-refractivity contribution < 1.29 is 4.92 Å². The number of rotatable bonds is 6. The van der Waals surface area contributed by atoms with Gasteiger partial charge in [0.25, 0.3) is 5.69 Å². The summed E-state index contributed by atoms with van der Waals surface area (Å²) in [7, 11) is 0. The molecule has 2 aromatic carbocycles. The van der Waals surface area contributed by atoms with Crippen LogP contribution in [0.2, 0.25) is 0 Å². The van der Waals surface area contributed by atoms with Gasteiger partial charge in [-0.3, -0.25) is 10.1 Å². The van der Waals surface area contributed by atoms with Crippen molar-refractivity contribution in [2.45, 2.75) is 26.8 Å². The van der Waals surface area contributed by atoms with E-state index in [0.29, 0.717) is 35.5 Å². The van der Waals surface area contributed by atoms with Crippen LogP contribution in [0, 0.1) is 17.0 Å². The average molecular weight is 378 g/mol. The van der Waals surface area contributed by atoms with Crippen LogP contribution in [-0.2, 0) is 13.0 Å². The summed E-state index contributed by atoms with van der Waals surface area (Å²) in [5.74, 6) is 0.294. The van der Waals surface area contributed by atoms with Crippen LogP contribution in [0.3, 0.4) is 0 Å². The smallest absolute Gasteiger partial charge is 0.292 e. The Balaban J connectivity index is 1.96. The first-order valence-corrected chi connectivity index (χ1v) is 8.89. The van der Waals surface area contributed by atoms with E-state index in [1.165, 1.54) is 6.07 Å². The molecule has 0 amide bonds. The van der Waals surface area contributed by atoms with E-state index in [2.05, 4.69) is 15.3 Å². The lowest BCUT2D eigenvalue weighted by Gasteiger charge is -2.13. The van der Waals surface area contributed by atoms with Crippen LogP contribution < -0.4 is 16.8 Å². The summed E-state index contributed by atoms with van der Waals surface area (Å²) in [6, 6.07) is 12.9. The molecular formula is C20H22N6O2. The lowest BCUT2D eigenvalue weighted by molar-refractivity contribution is -0.383. The number of benzene rings is 2. The van der Waals surface area contributed by atoms with Crippen molar-refractivity contribution in [2.24, 2.45) is 0 Å². The molecule has 1 aromatic heterocycles. The molecule has 144 valence electrons. The molecule has 3 rings (SSSR count). The monoisotopic (exact) mass is 378 g/mol. The van der Waals surface area contributed by atoms with E-state index in [1.807, 2.05) is 38.1 Å². The molecule has 8 heteroatoms. The van der Waals surface area contributed by atoms with Crippen LogP contribution >= 0.6 is 0 Å². The van der Waals surface area contributed by atoms with E-state index in [4.69, 9.17) is 11.5 Å². The Morgan fingerprint density at radius 1 is 1.11 bits per heavy atom. The van der Waals surface area contributed by atoms with Gasteiger partial charge in [-0.05, 0) is 30.5 Å². The van der Waals surface area contributed by atoms with Crippen molar-refractivity contribution in [3.05, 3.63) is 69.4 Å². The number of hydrogen-bond donors (Lipinski definition) is 3. The Morgan fingerprint density at radius 2 is 1.82 bits per heavy atom. The Morgan fingerprint density at radius 3 is 2.46 bits per heavy atom. The zero-order chi connectivity index (χ0) is 20.3. The number of nitro groups is 1. The molecule has 0 fully saturated rings. The molecule has 0 aliphatic heterocycles. The van der Waals surface area contributed by atoms with Crippen LogP contribution in [0.25, 0.3) is 11.1 Å². The fourth-order valence-electron chi connectivity index (χ4n) is 3.01. The zero-order valence-electron chi connectivity index (χ0n) is 15.8. The Bertz CT molecular complexity index is 1020. The summed E-state index contributed by atoms with van der Waals surface area (Å²) in [6.45, 7) is 4.41. The van der Waals surface area contributed by atoms with Crippen LogP contribution in [-0.4, -0.2) is 14.9 Å². The van der Waals surface area contributed by atoms with Gasteiger partial charge in [0, 0.05) is 18.2 Å². The average Bonchev–Trinajstić information content (AvgIpc) is 2.67. The first-order chi connectivity index (χ1) is 13.4. The topological polar surface area (TPSA) is 133 Å². The Labute approximate surface area is 162 Å². The number of aromatic nitrogens is 2. The summed E-state index contributed by atoms with van der Waals surface area (Å²) in [4.78, 5) is 19.4. The second-order valence-corrected chi connectivity index (χ2v) is 6.47. The first kappa shape index (κ1) is 19.1. The Hall–Kier alpha value is -3.68. The van der Waals surface area contributed by atoms with E-state index in [0.717, 1.165) is 11.1 Å². The molecule has 0 aliphatic carbocycles. The highest BCUT2D eigenvalue weighted by molar-refractivity contribution is 5.81. The second kappa shape index (κ2) is 7.91. The number of hydrogen-bond acceptors (Lipinski definition) is 7. The van der Waals surface area contributed by atoms with Crippen LogP contribution in [0.1, 0.15) is 23.7 Å². The molecule has 0 bridgehead atoms. The van der Waals surface area contributed by atoms with Crippen molar-refractivity contribution >= 4 is 23.1 Å². The maximum atomic E-state index is 11.6. The Kier molecular flexibility index (Phi) is 5.39. The fraction of sp³-hybridized carbons (Fsp3) is 0.200. The molecule has 0 aliphatic rings. The molecule has 5 N–H and O–H groups in total. The summed E-state index contributed by atoms with van der Waals surface area (Å²) >= 11 is 0. The largest absolute Gasteiger partial charge is 0.383 e. The van der Waals surface area contributed by atoms with Gasteiger partial charge in [-0.1, -0.05) is 42.8 Å². The van der Waals surface area contributed by atoms with Crippen molar-refractivity contribution in [2.75, 3.05) is 16.8 Å². The molecule has 0 atom stereocenters. The number of aryl methyl sites for hydroxylation is 2. The van der Waals surface area contributed by atoms with Crippen molar-refractivity contribution in [1.82, 2.24) is 9.97 Å². The van der Waals surface area contributed by atoms with Crippen LogP contribution in [0.4, 0.5) is 23.1 Å². The summed E-state index contributed by atoms with van der Waals surface area (Å²) in [5.41, 5.74) is 16.1. The van der Waals surface area contributed by atoms with Crippen LogP contribution in [0.15, 0.2) is 42.5 Å². The lowest BCUT2D eigenvalue weighted by atomic mass is 10.0. The number of nitrogens with two attached hydrogens (primary N) is 2. The lowest BCUT2D eigenvalue weighted by Crippen LogP contribution is -2.07. The van der Waals surface area contributed by atoms with Gasteiger partial charge in [0.15, 0.2) is 0 Å². The summed E-state index contributed by atoms with van der Waals surface area (Å²) in [5, 5.41) is 14.8. The van der Waals surface area contributed by atoms with E-state index in [1.54, 1.807) is 12.1 Å². The van der Waals surface area contributed by atoms with Gasteiger partial charge in [-0.25, -0.2) is 4.98 Å². The van der Waals surface area contributed by atoms with Gasteiger partial charge in [0.1, 0.15) is 11.5 Å². The van der Waals surface area contributed by atoms with Crippen molar-refractivity contribution in [3.63, 3.8) is 0 Å². The van der Waals surface area contributed by atoms with Gasteiger partial charge in [-0.2, -0.15) is 4.98 Å². The summed E-state index contributed by atoms with van der Waals surface area (Å²) in [6.07, 6.45) is 0.577. The molecule has 0 unspecified atom stereocenters. The number of nitrogens with zero attached hydrogens (tertiary/aromatic N) is 3. The van der Waals surface area contributed by atoms with Gasteiger partial charge in [0.05, 0.1) is 10.6 Å². The molecular weight excluding hydrogens is 356 g/mol. The van der Waals surface area contributed by atoms with Crippen molar-refractivity contribution in [3.8, 4) is 11.1 Å². The molecule has 28 heavy (non-hydrogen) atoms. The van der Waals surface area contributed by atoms with E-state index in [-0.39, 0.29) is 17.5 Å².